The standard InChI is InChI=1S/C9H14BrN3O3S/c1-16-5-4-12-17(14,15)13-9-3-2-7(10)6-8(9)11/h2-3,6,12-13H,4-5,11H2,1H3. The fraction of sp³-hybridized carbons (Fsp3) is 0.333. The van der Waals surface area contributed by atoms with E-state index < -0.39 is 10.2 Å². The molecule has 6 nitrogen and oxygen atoms in total. The van der Waals surface area contributed by atoms with Gasteiger partial charge in [-0.3, -0.25) is 4.72 Å². The SMILES string of the molecule is COCCNS(=O)(=O)Nc1ccc(Br)cc1N. The number of halogens is 1. The van der Waals surface area contributed by atoms with Gasteiger partial charge in [-0.25, -0.2) is 0 Å². The van der Waals surface area contributed by atoms with Gasteiger partial charge in [0, 0.05) is 18.1 Å². The first kappa shape index (κ1) is 14.2. The van der Waals surface area contributed by atoms with Crippen LogP contribution in [-0.2, 0) is 14.9 Å². The minimum absolute atomic E-state index is 0.197. The third-order valence-corrected chi connectivity index (χ3v) is 3.42. The zero-order chi connectivity index (χ0) is 12.9. The molecule has 1 rings (SSSR count). The molecule has 0 fully saturated rings. The van der Waals surface area contributed by atoms with Crippen LogP contribution in [0.25, 0.3) is 0 Å². The topological polar surface area (TPSA) is 93.4 Å². The van der Waals surface area contributed by atoms with Crippen molar-refractivity contribution in [2.45, 2.75) is 0 Å². The van der Waals surface area contributed by atoms with E-state index in [4.69, 9.17) is 10.5 Å². The van der Waals surface area contributed by atoms with E-state index in [2.05, 4.69) is 25.4 Å². The highest BCUT2D eigenvalue weighted by atomic mass is 79.9. The average molecular weight is 324 g/mol. The number of nitrogens with one attached hydrogen (secondary N) is 2. The van der Waals surface area contributed by atoms with Gasteiger partial charge >= 0.3 is 0 Å². The molecule has 0 radical (unpaired) electrons. The van der Waals surface area contributed by atoms with Crippen LogP contribution in [-0.4, -0.2) is 28.7 Å². The van der Waals surface area contributed by atoms with E-state index in [1.807, 2.05) is 0 Å². The third-order valence-electron chi connectivity index (χ3n) is 1.86. The number of hydrogen-bond donors (Lipinski definition) is 3. The molecule has 0 aromatic heterocycles. The van der Waals surface area contributed by atoms with Gasteiger partial charge in [0.2, 0.25) is 0 Å². The molecular weight excluding hydrogens is 310 g/mol. The van der Waals surface area contributed by atoms with Crippen LogP contribution < -0.4 is 15.2 Å². The van der Waals surface area contributed by atoms with Gasteiger partial charge in [-0.1, -0.05) is 15.9 Å². The largest absolute Gasteiger partial charge is 0.397 e. The van der Waals surface area contributed by atoms with Crippen LogP contribution in [0.3, 0.4) is 0 Å². The second kappa shape index (κ2) is 6.20. The predicted octanol–water partition coefficient (Wildman–Crippen LogP) is 0.924. The summed E-state index contributed by atoms with van der Waals surface area (Å²) in [6.45, 7) is 0.499. The highest BCUT2D eigenvalue weighted by molar-refractivity contribution is 9.10. The van der Waals surface area contributed by atoms with E-state index in [1.165, 1.54) is 7.11 Å². The number of nitrogens with two attached hydrogens (primary N) is 1. The Kier molecular flexibility index (Phi) is 5.19. The molecule has 0 aliphatic carbocycles. The number of nitrogen functional groups attached to an aromatic ring is 1. The van der Waals surface area contributed by atoms with Crippen molar-refractivity contribution in [2.75, 3.05) is 30.7 Å². The monoisotopic (exact) mass is 323 g/mol. The van der Waals surface area contributed by atoms with Gasteiger partial charge in [0.05, 0.1) is 18.0 Å². The molecule has 4 N–H and O–H groups in total. The van der Waals surface area contributed by atoms with Gasteiger partial charge in [0.15, 0.2) is 0 Å². The minimum atomic E-state index is -3.62. The summed E-state index contributed by atoms with van der Waals surface area (Å²) in [7, 11) is -2.12. The van der Waals surface area contributed by atoms with Gasteiger partial charge in [-0.15, -0.1) is 0 Å². The minimum Gasteiger partial charge on any atom is -0.397 e. The van der Waals surface area contributed by atoms with Crippen molar-refractivity contribution in [3.63, 3.8) is 0 Å². The number of methoxy groups -OCH3 is 1. The summed E-state index contributed by atoms with van der Waals surface area (Å²) < 4.78 is 33.3. The van der Waals surface area contributed by atoms with Crippen molar-refractivity contribution in [1.29, 1.82) is 0 Å². The van der Waals surface area contributed by atoms with Gasteiger partial charge in [-0.2, -0.15) is 13.1 Å². The van der Waals surface area contributed by atoms with Crippen LogP contribution in [0.1, 0.15) is 0 Å². The summed E-state index contributed by atoms with van der Waals surface area (Å²) in [5.74, 6) is 0. The number of ether oxygens (including phenoxy) is 1. The molecule has 8 heteroatoms. The van der Waals surface area contributed by atoms with Crippen molar-refractivity contribution < 1.29 is 13.2 Å². The average Bonchev–Trinajstić information content (AvgIpc) is 2.22. The lowest BCUT2D eigenvalue weighted by molar-refractivity contribution is 0.204. The second-order valence-electron chi connectivity index (χ2n) is 3.22. The molecule has 0 spiro atoms. The quantitative estimate of drug-likeness (QED) is 0.536. The zero-order valence-electron chi connectivity index (χ0n) is 9.23. The first-order valence-corrected chi connectivity index (χ1v) is 7.03. The predicted molar refractivity (Wildman–Crippen MR) is 71.0 cm³/mol. The Morgan fingerprint density at radius 2 is 2.18 bits per heavy atom. The second-order valence-corrected chi connectivity index (χ2v) is 5.64. The van der Waals surface area contributed by atoms with E-state index in [0.29, 0.717) is 18.0 Å². The molecule has 96 valence electrons. The molecule has 0 saturated heterocycles. The van der Waals surface area contributed by atoms with Crippen molar-refractivity contribution in [3.8, 4) is 0 Å². The normalized spacial score (nSPS) is 11.4. The van der Waals surface area contributed by atoms with Crippen LogP contribution >= 0.6 is 15.9 Å². The van der Waals surface area contributed by atoms with Gasteiger partial charge in [0.1, 0.15) is 0 Å². The lowest BCUT2D eigenvalue weighted by Gasteiger charge is -2.11. The molecule has 0 saturated carbocycles. The van der Waals surface area contributed by atoms with Gasteiger partial charge < -0.3 is 10.5 Å². The first-order chi connectivity index (χ1) is 7.94. The molecular formula is C9H14BrN3O3S. The Balaban J connectivity index is 2.69. The number of hydrogen-bond acceptors (Lipinski definition) is 4. The molecule has 0 atom stereocenters. The van der Waals surface area contributed by atoms with Crippen LogP contribution in [0.5, 0.6) is 0 Å². The lowest BCUT2D eigenvalue weighted by Crippen LogP contribution is -2.32. The lowest BCUT2D eigenvalue weighted by atomic mass is 10.3. The summed E-state index contributed by atoms with van der Waals surface area (Å²) in [5.41, 5.74) is 6.35. The molecule has 0 bridgehead atoms. The molecule has 0 amide bonds. The van der Waals surface area contributed by atoms with Gasteiger partial charge in [-0.05, 0) is 18.2 Å². The maximum atomic E-state index is 11.6. The molecule has 0 heterocycles. The Morgan fingerprint density at radius 3 is 2.76 bits per heavy atom. The van der Waals surface area contributed by atoms with E-state index in [9.17, 15) is 8.42 Å². The molecule has 1 aromatic carbocycles. The van der Waals surface area contributed by atoms with Crippen molar-refractivity contribution in [2.24, 2.45) is 0 Å². The Labute approximate surface area is 109 Å². The van der Waals surface area contributed by atoms with Crippen molar-refractivity contribution in [1.82, 2.24) is 4.72 Å². The number of benzene rings is 1. The summed E-state index contributed by atoms with van der Waals surface area (Å²) >= 11 is 3.24. The maximum Gasteiger partial charge on any atom is 0.299 e. The molecule has 0 unspecified atom stereocenters. The molecule has 17 heavy (non-hydrogen) atoms. The van der Waals surface area contributed by atoms with E-state index in [0.717, 1.165) is 4.47 Å². The Bertz CT molecular complexity index is 478. The van der Waals surface area contributed by atoms with E-state index >= 15 is 0 Å². The summed E-state index contributed by atoms with van der Waals surface area (Å²) in [5, 5.41) is 0. The Hall–Kier alpha value is -0.830. The number of anilines is 2. The summed E-state index contributed by atoms with van der Waals surface area (Å²) in [4.78, 5) is 0. The number of rotatable bonds is 6. The highest BCUT2D eigenvalue weighted by Crippen LogP contribution is 2.23. The van der Waals surface area contributed by atoms with Crippen LogP contribution in [0.15, 0.2) is 22.7 Å². The fourth-order valence-corrected chi connectivity index (χ4v) is 2.36. The highest BCUT2D eigenvalue weighted by Gasteiger charge is 2.10. The van der Waals surface area contributed by atoms with Gasteiger partial charge in [0.25, 0.3) is 10.2 Å². The fourth-order valence-electron chi connectivity index (χ4n) is 1.09. The Morgan fingerprint density at radius 1 is 1.47 bits per heavy atom. The first-order valence-electron chi connectivity index (χ1n) is 4.76. The van der Waals surface area contributed by atoms with Crippen molar-refractivity contribution >= 4 is 37.5 Å². The summed E-state index contributed by atoms with van der Waals surface area (Å²) in [6.07, 6.45) is 0. The molecule has 0 aliphatic heterocycles. The zero-order valence-corrected chi connectivity index (χ0v) is 11.6. The van der Waals surface area contributed by atoms with E-state index in [-0.39, 0.29) is 6.54 Å². The summed E-state index contributed by atoms with van der Waals surface area (Å²) in [6, 6.07) is 4.89. The third kappa shape index (κ3) is 4.90. The van der Waals surface area contributed by atoms with E-state index in [1.54, 1.807) is 18.2 Å². The molecule has 0 aliphatic rings. The smallest absolute Gasteiger partial charge is 0.299 e. The van der Waals surface area contributed by atoms with Crippen LogP contribution in [0, 0.1) is 0 Å². The van der Waals surface area contributed by atoms with Crippen LogP contribution in [0.4, 0.5) is 11.4 Å². The van der Waals surface area contributed by atoms with Crippen LogP contribution in [0.2, 0.25) is 0 Å². The maximum absolute atomic E-state index is 11.6. The molecule has 1 aromatic rings. The van der Waals surface area contributed by atoms with Crippen molar-refractivity contribution in [3.05, 3.63) is 22.7 Å².